The van der Waals surface area contributed by atoms with Crippen LogP contribution < -0.4 is 5.32 Å². The Kier molecular flexibility index (Phi) is 7.47. The van der Waals surface area contributed by atoms with E-state index in [2.05, 4.69) is 40.6 Å². The molecule has 1 aliphatic heterocycles. The number of nitrogens with one attached hydrogen (secondary N) is 1. The number of nitrogens with zero attached hydrogens (tertiary/aromatic N) is 1. The second-order valence-corrected chi connectivity index (χ2v) is 6.30. The van der Waals surface area contributed by atoms with Gasteiger partial charge in [-0.25, -0.2) is 4.39 Å². The van der Waals surface area contributed by atoms with Crippen LogP contribution in [0.15, 0.2) is 47.1 Å². The number of allylic oxidation sites excluding steroid dienone is 1. The van der Waals surface area contributed by atoms with Crippen molar-refractivity contribution in [3.8, 4) is 0 Å². The average Bonchev–Trinajstić information content (AvgIpc) is 2.95. The fraction of sp³-hybridized carbons (Fsp3) is 0.550. The van der Waals surface area contributed by atoms with Gasteiger partial charge < -0.3 is 5.32 Å². The van der Waals surface area contributed by atoms with Gasteiger partial charge in [0.25, 0.3) is 0 Å². The first-order chi connectivity index (χ1) is 11.2. The minimum absolute atomic E-state index is 0.581. The third-order valence-corrected chi connectivity index (χ3v) is 4.50. The van der Waals surface area contributed by atoms with Gasteiger partial charge in [0.2, 0.25) is 0 Å². The zero-order valence-electron chi connectivity index (χ0n) is 14.2. The largest absolute Gasteiger partial charge is 0.316 e. The number of unbranched alkanes of at least 4 members (excludes halogenated alkanes) is 3. The molecule has 1 unspecified atom stereocenters. The van der Waals surface area contributed by atoms with Crippen molar-refractivity contribution >= 4 is 6.21 Å². The van der Waals surface area contributed by atoms with E-state index in [1.165, 1.54) is 18.2 Å². The Morgan fingerprint density at radius 2 is 1.83 bits per heavy atom. The van der Waals surface area contributed by atoms with E-state index < -0.39 is 5.67 Å². The molecule has 1 aliphatic rings. The zero-order chi connectivity index (χ0) is 16.4. The number of rotatable bonds is 11. The van der Waals surface area contributed by atoms with Gasteiger partial charge in [0.05, 0.1) is 0 Å². The summed E-state index contributed by atoms with van der Waals surface area (Å²) in [5.41, 5.74) is 0.953. The maximum Gasteiger partial charge on any atom is 0.168 e. The third kappa shape index (κ3) is 5.91. The minimum atomic E-state index is -1.26. The summed E-state index contributed by atoms with van der Waals surface area (Å²) in [6, 6.07) is 10.6. The van der Waals surface area contributed by atoms with Gasteiger partial charge in [0.15, 0.2) is 5.67 Å². The van der Waals surface area contributed by atoms with E-state index in [4.69, 9.17) is 0 Å². The van der Waals surface area contributed by atoms with Crippen LogP contribution in [0, 0.1) is 0 Å². The van der Waals surface area contributed by atoms with E-state index >= 15 is 0 Å². The monoisotopic (exact) mass is 316 g/mol. The van der Waals surface area contributed by atoms with E-state index in [9.17, 15) is 4.39 Å². The summed E-state index contributed by atoms with van der Waals surface area (Å²) in [4.78, 5) is 3.99. The lowest BCUT2D eigenvalue weighted by molar-refractivity contribution is 0.283. The second-order valence-electron chi connectivity index (χ2n) is 6.30. The van der Waals surface area contributed by atoms with Crippen molar-refractivity contribution < 1.29 is 4.39 Å². The number of alkyl halides is 1. The molecule has 0 amide bonds. The molecule has 0 radical (unpaired) electrons. The predicted octanol–water partition coefficient (Wildman–Crippen LogP) is 4.86. The van der Waals surface area contributed by atoms with Crippen LogP contribution in [-0.2, 0) is 6.42 Å². The van der Waals surface area contributed by atoms with Crippen molar-refractivity contribution in [1.82, 2.24) is 5.32 Å². The molecule has 2 rings (SSSR count). The van der Waals surface area contributed by atoms with Crippen LogP contribution in [-0.4, -0.2) is 25.0 Å². The Bertz CT molecular complexity index is 510. The Morgan fingerprint density at radius 3 is 2.61 bits per heavy atom. The van der Waals surface area contributed by atoms with E-state index in [-0.39, 0.29) is 0 Å². The van der Waals surface area contributed by atoms with Crippen LogP contribution in [0.4, 0.5) is 4.39 Å². The van der Waals surface area contributed by atoms with Gasteiger partial charge in [-0.2, -0.15) is 0 Å². The van der Waals surface area contributed by atoms with Crippen LogP contribution in [0.5, 0.6) is 0 Å². The molecule has 126 valence electrons. The smallest absolute Gasteiger partial charge is 0.168 e. The van der Waals surface area contributed by atoms with Crippen molar-refractivity contribution in [2.75, 3.05) is 13.1 Å². The van der Waals surface area contributed by atoms with E-state index in [0.717, 1.165) is 50.8 Å². The Hall–Kier alpha value is -1.48. The Morgan fingerprint density at radius 1 is 1.04 bits per heavy atom. The fourth-order valence-electron chi connectivity index (χ4n) is 3.03. The number of benzene rings is 1. The molecule has 1 aromatic carbocycles. The molecule has 0 spiro atoms. The molecule has 1 heterocycles. The quantitative estimate of drug-likeness (QED) is 0.580. The molecule has 0 saturated heterocycles. The van der Waals surface area contributed by atoms with Crippen LogP contribution in [0.1, 0.15) is 51.0 Å². The first kappa shape index (κ1) is 17.9. The molecule has 0 aromatic heterocycles. The van der Waals surface area contributed by atoms with Gasteiger partial charge in [0.1, 0.15) is 0 Å². The lowest BCUT2D eigenvalue weighted by atomic mass is 9.91. The molecule has 0 fully saturated rings. The number of aliphatic imine (C=N–C) groups is 1. The molecule has 23 heavy (non-hydrogen) atoms. The van der Waals surface area contributed by atoms with Crippen LogP contribution in [0.25, 0.3) is 0 Å². The molecule has 0 aliphatic carbocycles. The lowest BCUT2D eigenvalue weighted by Gasteiger charge is -2.19. The second kappa shape index (κ2) is 9.61. The van der Waals surface area contributed by atoms with E-state index in [0.29, 0.717) is 6.42 Å². The van der Waals surface area contributed by atoms with Crippen molar-refractivity contribution in [2.24, 2.45) is 4.99 Å². The minimum Gasteiger partial charge on any atom is -0.316 e. The van der Waals surface area contributed by atoms with Gasteiger partial charge in [-0.3, -0.25) is 4.99 Å². The number of hydrogen-bond acceptors (Lipinski definition) is 2. The highest BCUT2D eigenvalue weighted by Gasteiger charge is 2.33. The summed E-state index contributed by atoms with van der Waals surface area (Å²) in [6.07, 6.45) is 9.94. The fourth-order valence-corrected chi connectivity index (χ4v) is 3.03. The highest BCUT2D eigenvalue weighted by molar-refractivity contribution is 5.77. The summed E-state index contributed by atoms with van der Waals surface area (Å²) in [6.45, 7) is 4.07. The maximum absolute atomic E-state index is 14.6. The molecular formula is C20H29FN2. The van der Waals surface area contributed by atoms with Crippen LogP contribution in [0.2, 0.25) is 0 Å². The molecule has 3 heteroatoms. The van der Waals surface area contributed by atoms with Gasteiger partial charge in [0, 0.05) is 12.4 Å². The zero-order valence-corrected chi connectivity index (χ0v) is 14.2. The van der Waals surface area contributed by atoms with Gasteiger partial charge in [-0.1, -0.05) is 50.1 Å². The average molecular weight is 316 g/mol. The molecule has 1 aromatic rings. The predicted molar refractivity (Wildman–Crippen MR) is 96.8 cm³/mol. The Labute approximate surface area is 139 Å². The normalized spacial score (nSPS) is 20.0. The van der Waals surface area contributed by atoms with E-state index in [1.807, 2.05) is 6.92 Å². The first-order valence-corrected chi connectivity index (χ1v) is 8.92. The topological polar surface area (TPSA) is 24.4 Å². The third-order valence-electron chi connectivity index (χ3n) is 4.50. The molecule has 0 bridgehead atoms. The molecular weight excluding hydrogens is 287 g/mol. The summed E-state index contributed by atoms with van der Waals surface area (Å²) < 4.78 is 14.6. The molecule has 1 atom stereocenters. The summed E-state index contributed by atoms with van der Waals surface area (Å²) in [5.74, 6) is 0. The molecule has 0 saturated carbocycles. The van der Waals surface area contributed by atoms with Crippen molar-refractivity contribution in [3.63, 3.8) is 0 Å². The van der Waals surface area contributed by atoms with Gasteiger partial charge >= 0.3 is 0 Å². The summed E-state index contributed by atoms with van der Waals surface area (Å²) in [7, 11) is 0. The van der Waals surface area contributed by atoms with E-state index in [1.54, 1.807) is 6.20 Å². The van der Waals surface area contributed by atoms with Crippen LogP contribution in [0.3, 0.4) is 0 Å². The molecule has 2 nitrogen and oxygen atoms in total. The lowest BCUT2D eigenvalue weighted by Crippen LogP contribution is -2.24. The SMILES string of the molecule is CCC1=CN=CC1(F)CCCCCCNCCc1ccccc1. The maximum atomic E-state index is 14.6. The van der Waals surface area contributed by atoms with Gasteiger partial charge in [-0.15, -0.1) is 0 Å². The summed E-state index contributed by atoms with van der Waals surface area (Å²) >= 11 is 0. The van der Waals surface area contributed by atoms with Crippen molar-refractivity contribution in [2.45, 2.75) is 57.5 Å². The first-order valence-electron chi connectivity index (χ1n) is 8.92. The van der Waals surface area contributed by atoms with Crippen molar-refractivity contribution in [1.29, 1.82) is 0 Å². The highest BCUT2D eigenvalue weighted by Crippen LogP contribution is 2.32. The number of halogens is 1. The van der Waals surface area contributed by atoms with Gasteiger partial charge in [-0.05, 0) is 56.3 Å². The highest BCUT2D eigenvalue weighted by atomic mass is 19.1. The van der Waals surface area contributed by atoms with Crippen LogP contribution >= 0.6 is 0 Å². The molecule has 1 N–H and O–H groups in total. The summed E-state index contributed by atoms with van der Waals surface area (Å²) in [5, 5.41) is 3.49. The van der Waals surface area contributed by atoms with Crippen molar-refractivity contribution in [3.05, 3.63) is 47.7 Å². The Balaban J connectivity index is 1.46. The standard InChI is InChI=1S/C20H29FN2/c1-2-19-16-23-17-20(19,21)13-8-3-4-9-14-22-15-12-18-10-6-5-7-11-18/h5-7,10-11,16-17,22H,2-4,8-9,12-15H2,1H3. The number of hydrogen-bond donors (Lipinski definition) is 1.